The van der Waals surface area contributed by atoms with Crippen molar-refractivity contribution >= 4 is 160 Å². The Morgan fingerprint density at radius 2 is 0.879 bits per heavy atom. The number of fused-ring (bicyclic) bond motifs is 8. The maximum absolute atomic E-state index is 12.1. The first-order valence-corrected chi connectivity index (χ1v) is 43.6. The first-order chi connectivity index (χ1) is 56.6. The number of likely N-dealkylation sites (tertiary alicyclic amines) is 5. The fourth-order valence-corrected chi connectivity index (χ4v) is 15.8. The second kappa shape index (κ2) is 43.3. The van der Waals surface area contributed by atoms with E-state index in [9.17, 15) is 33.6 Å². The molecule has 124 heavy (non-hydrogen) atoms. The Kier molecular flexibility index (Phi) is 36.9. The van der Waals surface area contributed by atoms with Crippen molar-refractivity contribution in [3.8, 4) is 0 Å². The van der Waals surface area contributed by atoms with E-state index in [0.29, 0.717) is 95.8 Å². The Bertz CT molecular complexity index is 4870. The number of hydrogen-bond donors (Lipinski definition) is 2. The molecule has 5 amide bonds. The van der Waals surface area contributed by atoms with Gasteiger partial charge in [-0.15, -0.1) is 11.6 Å². The number of oxime groups is 2. The second-order valence-corrected chi connectivity index (χ2v) is 40.4. The molecular formula is C90H117Br2Cl3IMgN9O18. The van der Waals surface area contributed by atoms with Crippen LogP contribution in [0.3, 0.4) is 0 Å². The molecule has 6 aromatic rings. The van der Waals surface area contributed by atoms with Gasteiger partial charge in [-0.25, -0.2) is 24.0 Å². The van der Waals surface area contributed by atoms with E-state index in [1.54, 1.807) is 52.5 Å². The number of aromatic nitrogens is 2. The SMILES string of the molecule is C=C(C)c1cc(C)nn1C.CC(C)(C)OC(=O)N1CC(=O)C1.CC(C)(C)OC(=O)N1CC2(C1)OCc1cc(/C(Cl)=N/O)ccc12.CC(C)(C)OC(=O)N1CC2(C1)OCc1cc(/C=N/O)ccc12.CC(C)(C)OC(=O)N1CC2(C1)OCc1cc(Br)ccc12.CC(C)(C)OC(=O)N1CC2(C1)OCc1cc(C=O)ccc12.CC(C)C.ClCc1cc(Br)ccc1I.[Cl-].[H-].[Mg+2]. The van der Waals surface area contributed by atoms with E-state index in [2.05, 4.69) is 109 Å². The summed E-state index contributed by atoms with van der Waals surface area (Å²) in [4.78, 5) is 88.6. The molecule has 5 saturated heterocycles. The molecule has 5 fully saturated rings. The number of halogens is 6. The van der Waals surface area contributed by atoms with Gasteiger partial charge in [-0.1, -0.05) is 124 Å². The van der Waals surface area contributed by atoms with Gasteiger partial charge in [-0.2, -0.15) is 5.10 Å². The van der Waals surface area contributed by atoms with Crippen LogP contribution in [0, 0.1) is 16.4 Å². The van der Waals surface area contributed by atoms with E-state index in [1.807, 2.05) is 181 Å². The summed E-state index contributed by atoms with van der Waals surface area (Å²) < 4.78 is 55.4. The van der Waals surface area contributed by atoms with Crippen molar-refractivity contribution in [3.05, 3.63) is 194 Å². The molecule has 0 unspecified atom stereocenters. The molecule has 0 saturated carbocycles. The topological polar surface area (TPSA) is 302 Å². The Morgan fingerprint density at radius 1 is 0.556 bits per heavy atom. The number of aryl methyl sites for hydroxylation is 2. The fourth-order valence-electron chi connectivity index (χ4n) is 13.9. The first kappa shape index (κ1) is 106. The number of ketones is 1. The van der Waals surface area contributed by atoms with Gasteiger partial charge in [-0.3, -0.25) is 19.2 Å². The molecule has 9 aliphatic rings. The van der Waals surface area contributed by atoms with Crippen LogP contribution in [0.4, 0.5) is 24.0 Å². The number of carbonyl (C=O) groups is 7. The van der Waals surface area contributed by atoms with Crippen molar-refractivity contribution in [2.75, 3.05) is 65.4 Å². The number of Topliss-reactive ketones (excluding diaryl/α,β-unsaturated/α-hetero) is 1. The van der Waals surface area contributed by atoms with E-state index in [-0.39, 0.29) is 90.9 Å². The third-order valence-electron chi connectivity index (χ3n) is 19.2. The van der Waals surface area contributed by atoms with Crippen LogP contribution in [0.15, 0.2) is 123 Å². The number of alkyl halides is 1. The van der Waals surface area contributed by atoms with Crippen LogP contribution in [0.1, 0.15) is 216 Å². The zero-order chi connectivity index (χ0) is 90.8. The van der Waals surface area contributed by atoms with Crippen LogP contribution in [0.25, 0.3) is 5.57 Å². The Morgan fingerprint density at radius 3 is 1.19 bits per heavy atom. The Labute approximate surface area is 792 Å². The minimum atomic E-state index is -0.510. The standard InChI is InChI=1S/C16H19ClN2O4.C16H20N2O4.C16H19NO4.C15H18BrNO3.C8H12N2.C8H13NO3.C7H5BrClI.C4H10.ClH.Mg.H/c1-15(2,3)23-14(20)19-8-16(9-19)12-5-4-10(13(17)18-21)6-11(12)7-22-16;1-15(2,3)22-14(19)18-9-16(10-18)13-5-4-11(7-17-20)6-12(13)8-21-16;1-15(2,3)21-14(19)17-9-16(10-17)13-5-4-11(7-18)6-12(13)8-20-16;1-14(2,3)20-13(18)17-8-15(9-17)12-5-4-11(16)6-10(12)7-19-15;1-6(2)8-5-7(3)9-10(8)4;1-8(2,3)12-7(11)9-4-6(10)5-9;8-6-1-2-7(10)5(3-6)4-9;1-4(2)3;;;/h4-6,21H,7-9H2,1-3H3;4-7,20H,8-10H2,1-3H3;4-7H,8-10H2,1-3H3;4-6H,7-9H2,1-3H3;5H,1H2,2-4H3;4-5H2,1-3H3;1-3H,4H2;4H,1-3H3;1H;;/q;;;;;;;;;+2;-1/p-1/b18-13-;17-7+;;;;;;;;;. The molecule has 5 aromatic carbocycles. The summed E-state index contributed by atoms with van der Waals surface area (Å²) >= 11 is 20.6. The average molecular weight is 2030 g/mol. The van der Waals surface area contributed by atoms with Gasteiger partial charge in [0.05, 0.1) is 109 Å². The van der Waals surface area contributed by atoms with Crippen LogP contribution in [-0.2, 0) is 109 Å². The smallest absolute Gasteiger partial charge is 1.00 e. The van der Waals surface area contributed by atoms with Crippen molar-refractivity contribution in [1.82, 2.24) is 34.3 Å². The summed E-state index contributed by atoms with van der Waals surface area (Å²) in [6.45, 7) is 48.5. The quantitative estimate of drug-likeness (QED) is 0.0237. The fraction of sp³-hybridized carbons (Fsp3) is 0.511. The maximum Gasteiger partial charge on any atom is 2.00 e. The van der Waals surface area contributed by atoms with Gasteiger partial charge in [0, 0.05) is 36.6 Å². The number of benzene rings is 5. The maximum atomic E-state index is 12.1. The second-order valence-electron chi connectivity index (χ2n) is 36.8. The van der Waals surface area contributed by atoms with Gasteiger partial charge >= 0.3 is 53.5 Å². The molecule has 34 heteroatoms. The number of carbonyl (C=O) groups excluding carboxylic acids is 7. The summed E-state index contributed by atoms with van der Waals surface area (Å²) in [6, 6.07) is 31.2. The van der Waals surface area contributed by atoms with Gasteiger partial charge in [0.25, 0.3) is 0 Å². The number of nitrogens with zero attached hydrogens (tertiary/aromatic N) is 9. The zero-order valence-corrected chi connectivity index (χ0v) is 83.7. The van der Waals surface area contributed by atoms with E-state index in [0.717, 1.165) is 77.1 Å². The van der Waals surface area contributed by atoms with Gasteiger partial charge in [0.2, 0.25) is 0 Å². The largest absolute Gasteiger partial charge is 2.00 e. The minimum absolute atomic E-state index is 0. The summed E-state index contributed by atoms with van der Waals surface area (Å²) in [7, 11) is 1.93. The number of hydrogen-bond acceptors (Lipinski definition) is 21. The molecule has 2 N–H and O–H groups in total. The molecule has 0 bridgehead atoms. The Balaban J connectivity index is 0.000000261. The van der Waals surface area contributed by atoms with Crippen LogP contribution in [0.2, 0.25) is 0 Å². The van der Waals surface area contributed by atoms with Crippen molar-refractivity contribution < 1.29 is 100 Å². The summed E-state index contributed by atoms with van der Waals surface area (Å²) in [5.74, 6) is 1.50. The van der Waals surface area contributed by atoms with Gasteiger partial charge < -0.3 is 86.5 Å². The summed E-state index contributed by atoms with van der Waals surface area (Å²) in [5.41, 5.74) is 11.1. The van der Waals surface area contributed by atoms with Crippen molar-refractivity contribution in [1.29, 1.82) is 0 Å². The molecular weight excluding hydrogens is 1910 g/mol. The van der Waals surface area contributed by atoms with Crippen LogP contribution >= 0.6 is 77.7 Å². The van der Waals surface area contributed by atoms with Gasteiger partial charge in [0.1, 0.15) is 56.7 Å². The number of allylic oxidation sites excluding steroid dienone is 1. The molecule has 0 atom stereocenters. The molecule has 0 radical (unpaired) electrons. The first-order valence-electron chi connectivity index (χ1n) is 40.0. The molecule has 4 spiro atoms. The van der Waals surface area contributed by atoms with Gasteiger partial charge in [0.15, 0.2) is 11.0 Å². The van der Waals surface area contributed by atoms with Gasteiger partial charge in [-0.05, 0) is 262 Å². The van der Waals surface area contributed by atoms with E-state index in [1.165, 1.54) is 31.4 Å². The zero-order valence-electron chi connectivity index (χ0n) is 75.7. The molecule has 15 rings (SSSR count). The molecule has 674 valence electrons. The third-order valence-corrected chi connectivity index (χ3v) is 21.9. The van der Waals surface area contributed by atoms with E-state index in [4.69, 9.17) is 76.2 Å². The number of ether oxygens (including phenoxy) is 9. The molecule has 9 aliphatic heterocycles. The average Bonchev–Trinajstić information content (AvgIpc) is 1.63. The normalized spacial score (nSPS) is 17.0. The number of aldehydes is 1. The van der Waals surface area contributed by atoms with Crippen molar-refractivity contribution in [3.63, 3.8) is 0 Å². The summed E-state index contributed by atoms with van der Waals surface area (Å²) in [6.07, 6.45) is 0.610. The number of rotatable bonds is 5. The van der Waals surface area contributed by atoms with Crippen LogP contribution in [-0.4, -0.2) is 215 Å². The number of amides is 5. The summed E-state index contributed by atoms with van der Waals surface area (Å²) in [5, 5.41) is 27.6. The van der Waals surface area contributed by atoms with Crippen LogP contribution < -0.4 is 12.4 Å². The predicted octanol–water partition coefficient (Wildman–Crippen LogP) is 16.2. The van der Waals surface area contributed by atoms with E-state index >= 15 is 0 Å². The van der Waals surface area contributed by atoms with Crippen molar-refractivity contribution in [2.45, 2.75) is 221 Å². The molecule has 1 aromatic heterocycles. The van der Waals surface area contributed by atoms with Crippen molar-refractivity contribution in [2.24, 2.45) is 23.3 Å². The minimum Gasteiger partial charge on any atom is -1.00 e. The van der Waals surface area contributed by atoms with Crippen LogP contribution in [0.5, 0.6) is 0 Å². The predicted molar refractivity (Wildman–Crippen MR) is 489 cm³/mol. The molecule has 27 nitrogen and oxygen atoms in total. The Hall–Kier alpha value is -7.15. The van der Waals surface area contributed by atoms with E-state index < -0.39 is 50.9 Å². The molecule has 0 aliphatic carbocycles. The monoisotopic (exact) mass is 2030 g/mol. The third kappa shape index (κ3) is 28.7. The molecule has 10 heterocycles.